The Kier molecular flexibility index (Phi) is 7.00. The lowest BCUT2D eigenvalue weighted by Crippen LogP contribution is -2.10. The van der Waals surface area contributed by atoms with E-state index < -0.39 is 0 Å². The molecule has 0 aliphatic rings. The van der Waals surface area contributed by atoms with Crippen molar-refractivity contribution in [3.63, 3.8) is 0 Å². The van der Waals surface area contributed by atoms with E-state index >= 15 is 0 Å². The molecule has 0 bridgehead atoms. The van der Waals surface area contributed by atoms with Gasteiger partial charge in [-0.3, -0.25) is 0 Å². The molecule has 0 atom stereocenters. The number of rotatable bonds is 9. The van der Waals surface area contributed by atoms with E-state index in [0.717, 1.165) is 6.42 Å². The fourth-order valence-electron chi connectivity index (χ4n) is 1.36. The minimum absolute atomic E-state index is 0.0518. The quantitative estimate of drug-likeness (QED) is 0.535. The smallest absolute Gasteiger partial charge is 0.158 e. The molecular formula is C11H20N4O3. The van der Waals surface area contributed by atoms with Gasteiger partial charge in [-0.25, -0.2) is 9.97 Å². The van der Waals surface area contributed by atoms with Gasteiger partial charge in [0.1, 0.15) is 18.2 Å². The third kappa shape index (κ3) is 5.76. The predicted octanol–water partition coefficient (Wildman–Crippen LogP) is 0.0161. The summed E-state index contributed by atoms with van der Waals surface area (Å²) in [6, 6.07) is 1.67. The third-order valence-electron chi connectivity index (χ3n) is 2.07. The number of nitrogens with one attached hydrogen (secondary N) is 1. The lowest BCUT2D eigenvalue weighted by Gasteiger charge is -2.08. The van der Waals surface area contributed by atoms with Crippen LogP contribution in [0.1, 0.15) is 12.2 Å². The standard InChI is InChI=1S/C11H20N4O3/c1-17-8-11-14-9(12)7-10(15-11)13-3-2-5-18-6-4-16/h7,16H,2-6,8H2,1H3,(H3,12,13,14,15). The predicted molar refractivity (Wildman–Crippen MR) is 68.2 cm³/mol. The first-order chi connectivity index (χ1) is 8.76. The van der Waals surface area contributed by atoms with Crippen LogP contribution in [0.25, 0.3) is 0 Å². The second-order valence-electron chi connectivity index (χ2n) is 3.64. The van der Waals surface area contributed by atoms with Gasteiger partial charge in [-0.05, 0) is 6.42 Å². The van der Waals surface area contributed by atoms with Crippen LogP contribution in [0.2, 0.25) is 0 Å². The van der Waals surface area contributed by atoms with Gasteiger partial charge in [-0.15, -0.1) is 0 Å². The Morgan fingerprint density at radius 2 is 2.22 bits per heavy atom. The molecule has 0 aliphatic carbocycles. The Morgan fingerprint density at radius 1 is 1.39 bits per heavy atom. The fourth-order valence-corrected chi connectivity index (χ4v) is 1.36. The highest BCUT2D eigenvalue weighted by molar-refractivity contribution is 5.44. The van der Waals surface area contributed by atoms with Crippen LogP contribution < -0.4 is 11.1 Å². The van der Waals surface area contributed by atoms with Crippen molar-refractivity contribution in [3.05, 3.63) is 11.9 Å². The molecule has 0 amide bonds. The van der Waals surface area contributed by atoms with Crippen LogP contribution in [0.3, 0.4) is 0 Å². The van der Waals surface area contributed by atoms with Gasteiger partial charge in [0.25, 0.3) is 0 Å². The molecule has 1 aromatic rings. The van der Waals surface area contributed by atoms with Crippen molar-refractivity contribution in [1.29, 1.82) is 0 Å². The summed E-state index contributed by atoms with van der Waals surface area (Å²) in [5, 5.41) is 11.7. The highest BCUT2D eigenvalue weighted by Gasteiger charge is 2.01. The fraction of sp³-hybridized carbons (Fsp3) is 0.636. The van der Waals surface area contributed by atoms with Crippen molar-refractivity contribution >= 4 is 11.6 Å². The maximum Gasteiger partial charge on any atom is 0.158 e. The van der Waals surface area contributed by atoms with E-state index in [0.29, 0.717) is 43.8 Å². The number of aliphatic hydroxyl groups excluding tert-OH is 1. The van der Waals surface area contributed by atoms with Gasteiger partial charge in [-0.1, -0.05) is 0 Å². The molecule has 7 heteroatoms. The largest absolute Gasteiger partial charge is 0.394 e. The average molecular weight is 256 g/mol. The van der Waals surface area contributed by atoms with Gasteiger partial charge in [-0.2, -0.15) is 0 Å². The SMILES string of the molecule is COCc1nc(N)cc(NCCCOCCO)n1. The Labute approximate surface area is 106 Å². The summed E-state index contributed by atoms with van der Waals surface area (Å²) in [6.45, 7) is 2.07. The van der Waals surface area contributed by atoms with Crippen LogP contribution in [0.4, 0.5) is 11.6 Å². The molecule has 0 aliphatic heterocycles. The van der Waals surface area contributed by atoms with Crippen molar-refractivity contribution in [2.75, 3.05) is 44.5 Å². The Morgan fingerprint density at radius 3 is 2.94 bits per heavy atom. The highest BCUT2D eigenvalue weighted by Crippen LogP contribution is 2.08. The summed E-state index contributed by atoms with van der Waals surface area (Å²) in [5.41, 5.74) is 5.66. The number of anilines is 2. The number of nitrogens with two attached hydrogens (primary N) is 1. The van der Waals surface area contributed by atoms with Crippen molar-refractivity contribution in [2.24, 2.45) is 0 Å². The number of nitrogen functional groups attached to an aromatic ring is 1. The number of methoxy groups -OCH3 is 1. The van der Waals surface area contributed by atoms with E-state index in [1.54, 1.807) is 13.2 Å². The first kappa shape index (κ1) is 14.6. The Balaban J connectivity index is 2.32. The summed E-state index contributed by atoms with van der Waals surface area (Å²) < 4.78 is 10.1. The Bertz CT molecular complexity index is 349. The maximum absolute atomic E-state index is 8.53. The van der Waals surface area contributed by atoms with Gasteiger partial charge in [0.15, 0.2) is 5.82 Å². The van der Waals surface area contributed by atoms with E-state index in [9.17, 15) is 0 Å². The second kappa shape index (κ2) is 8.62. The minimum atomic E-state index is 0.0518. The number of hydrogen-bond acceptors (Lipinski definition) is 7. The lowest BCUT2D eigenvalue weighted by molar-refractivity contribution is 0.0922. The topological polar surface area (TPSA) is 103 Å². The zero-order valence-electron chi connectivity index (χ0n) is 10.6. The summed E-state index contributed by atoms with van der Waals surface area (Å²) in [5.74, 6) is 1.64. The minimum Gasteiger partial charge on any atom is -0.394 e. The van der Waals surface area contributed by atoms with Crippen LogP contribution >= 0.6 is 0 Å². The average Bonchev–Trinajstić information content (AvgIpc) is 2.33. The van der Waals surface area contributed by atoms with Crippen molar-refractivity contribution in [3.8, 4) is 0 Å². The van der Waals surface area contributed by atoms with E-state index in [2.05, 4.69) is 15.3 Å². The number of aromatic nitrogens is 2. The molecular weight excluding hydrogens is 236 g/mol. The molecule has 0 aromatic carbocycles. The third-order valence-corrected chi connectivity index (χ3v) is 2.07. The molecule has 0 fully saturated rings. The molecule has 1 aromatic heterocycles. The molecule has 7 nitrogen and oxygen atoms in total. The summed E-state index contributed by atoms with van der Waals surface area (Å²) in [4.78, 5) is 8.29. The first-order valence-corrected chi connectivity index (χ1v) is 5.81. The summed E-state index contributed by atoms with van der Waals surface area (Å²) in [6.07, 6.45) is 0.823. The second-order valence-corrected chi connectivity index (χ2v) is 3.64. The molecule has 0 saturated carbocycles. The van der Waals surface area contributed by atoms with Gasteiger partial charge in [0, 0.05) is 26.3 Å². The molecule has 18 heavy (non-hydrogen) atoms. The van der Waals surface area contributed by atoms with Crippen LogP contribution in [0.15, 0.2) is 6.07 Å². The summed E-state index contributed by atoms with van der Waals surface area (Å²) >= 11 is 0. The van der Waals surface area contributed by atoms with Gasteiger partial charge in [0.05, 0.1) is 13.2 Å². The lowest BCUT2D eigenvalue weighted by atomic mass is 10.4. The Hall–Kier alpha value is -1.44. The zero-order chi connectivity index (χ0) is 13.2. The van der Waals surface area contributed by atoms with E-state index in [-0.39, 0.29) is 6.61 Å². The van der Waals surface area contributed by atoms with Gasteiger partial charge in [0.2, 0.25) is 0 Å². The zero-order valence-corrected chi connectivity index (χ0v) is 10.6. The highest BCUT2D eigenvalue weighted by atomic mass is 16.5. The molecule has 0 unspecified atom stereocenters. The molecule has 4 N–H and O–H groups in total. The maximum atomic E-state index is 8.53. The number of aliphatic hydroxyl groups is 1. The van der Waals surface area contributed by atoms with E-state index in [1.807, 2.05) is 0 Å². The number of hydrogen-bond donors (Lipinski definition) is 3. The van der Waals surface area contributed by atoms with E-state index in [1.165, 1.54) is 0 Å². The van der Waals surface area contributed by atoms with Crippen LogP contribution in [-0.2, 0) is 16.1 Å². The van der Waals surface area contributed by atoms with Crippen LogP contribution in [0, 0.1) is 0 Å². The van der Waals surface area contributed by atoms with E-state index in [4.69, 9.17) is 20.3 Å². The molecule has 0 radical (unpaired) electrons. The normalized spacial score (nSPS) is 10.6. The van der Waals surface area contributed by atoms with Crippen molar-refractivity contribution < 1.29 is 14.6 Å². The van der Waals surface area contributed by atoms with Crippen LogP contribution in [0.5, 0.6) is 0 Å². The number of ether oxygens (including phenoxy) is 2. The number of nitrogens with zero attached hydrogens (tertiary/aromatic N) is 2. The first-order valence-electron chi connectivity index (χ1n) is 5.81. The van der Waals surface area contributed by atoms with Crippen molar-refractivity contribution in [1.82, 2.24) is 9.97 Å². The summed E-state index contributed by atoms with van der Waals surface area (Å²) in [7, 11) is 1.58. The molecule has 1 heterocycles. The van der Waals surface area contributed by atoms with Crippen LogP contribution in [-0.4, -0.2) is 48.5 Å². The van der Waals surface area contributed by atoms with Gasteiger partial charge < -0.3 is 25.6 Å². The molecule has 0 spiro atoms. The molecule has 0 saturated heterocycles. The monoisotopic (exact) mass is 256 g/mol. The van der Waals surface area contributed by atoms with Crippen molar-refractivity contribution in [2.45, 2.75) is 13.0 Å². The van der Waals surface area contributed by atoms with Gasteiger partial charge >= 0.3 is 0 Å². The molecule has 1 rings (SSSR count). The molecule has 102 valence electrons.